The van der Waals surface area contributed by atoms with E-state index in [-0.39, 0.29) is 66.7 Å². The Morgan fingerprint density at radius 2 is 1.74 bits per heavy atom. The SMILES string of the molecule is CCc1nc(C(N)=O)c(Nc2ccc(N3CCC(N4CC5(CN(C(=O)COc6cccc7c6CN(C6CCC(=O)NC6=O)C7=O)C5)C4)CC3)c(OC)c2)nc1NC1CCOCC1. The maximum Gasteiger partial charge on any atom is 0.271 e. The minimum Gasteiger partial charge on any atom is -0.495 e. The number of amides is 5. The molecule has 0 radical (unpaired) electrons. The maximum atomic E-state index is 13.2. The van der Waals surface area contributed by atoms with Crippen LogP contribution in [0.15, 0.2) is 36.4 Å². The lowest BCUT2D eigenvalue weighted by Crippen LogP contribution is -2.74. The Morgan fingerprint density at radius 3 is 2.45 bits per heavy atom. The van der Waals surface area contributed by atoms with Gasteiger partial charge in [0.1, 0.15) is 17.5 Å². The van der Waals surface area contributed by atoms with Crippen molar-refractivity contribution in [3.05, 3.63) is 58.9 Å². The van der Waals surface area contributed by atoms with Crippen molar-refractivity contribution in [3.63, 3.8) is 0 Å². The van der Waals surface area contributed by atoms with Gasteiger partial charge in [0.15, 0.2) is 23.9 Å². The Morgan fingerprint density at radius 1 is 0.968 bits per heavy atom. The average Bonchev–Trinajstić information content (AvgIpc) is 3.58. The number of imide groups is 1. The van der Waals surface area contributed by atoms with E-state index in [1.807, 2.05) is 30.0 Å². The number of ether oxygens (including phenoxy) is 3. The Kier molecular flexibility index (Phi) is 11.4. The molecule has 328 valence electrons. The standard InChI is InChI=1S/C44H54N10O8/c1-3-31-40(46-26-13-17-61-18-14-26)50-41(38(48-31)39(45)57)47-27-7-8-32(35(19-27)60-2)51-15-11-28(12-16-51)52-22-44(23-52)24-53(25-44)37(56)21-62-34-6-4-5-29-30(34)20-54(43(29)59)33-9-10-36(55)49-42(33)58/h4-8,19,26,28,33H,3,9-18,20-25H2,1-2H3,(H2,45,57)(H2,46,47,50)(H,49,55,58). The number of aromatic nitrogens is 2. The van der Waals surface area contributed by atoms with Gasteiger partial charge in [0, 0.05) is 99.3 Å². The number of aryl methyl sites for hydroxylation is 1. The largest absolute Gasteiger partial charge is 0.495 e. The molecule has 6 aliphatic heterocycles. The van der Waals surface area contributed by atoms with E-state index in [9.17, 15) is 24.0 Å². The van der Waals surface area contributed by atoms with Gasteiger partial charge in [0.25, 0.3) is 17.7 Å². The predicted octanol–water partition coefficient (Wildman–Crippen LogP) is 2.43. The highest BCUT2D eigenvalue weighted by Crippen LogP contribution is 2.43. The molecule has 1 atom stereocenters. The van der Waals surface area contributed by atoms with E-state index >= 15 is 0 Å². The molecule has 9 rings (SSSR count). The number of hydrogen-bond acceptors (Lipinski definition) is 14. The maximum absolute atomic E-state index is 13.2. The van der Waals surface area contributed by atoms with E-state index in [1.165, 1.54) is 4.90 Å². The number of nitrogens with zero attached hydrogens (tertiary/aromatic N) is 6. The number of likely N-dealkylation sites (tertiary alicyclic amines) is 2. The molecule has 0 saturated carbocycles. The summed E-state index contributed by atoms with van der Waals surface area (Å²) in [6.07, 6.45) is 4.79. The predicted molar refractivity (Wildman–Crippen MR) is 227 cm³/mol. The van der Waals surface area contributed by atoms with Crippen LogP contribution in [0.25, 0.3) is 0 Å². The molecule has 7 heterocycles. The van der Waals surface area contributed by atoms with Gasteiger partial charge in [-0.3, -0.25) is 34.2 Å². The zero-order valence-electron chi connectivity index (χ0n) is 35.2. The fourth-order valence-corrected chi connectivity index (χ4v) is 9.89. The summed E-state index contributed by atoms with van der Waals surface area (Å²) in [6, 6.07) is 11.0. The molecule has 1 aromatic heterocycles. The molecule has 5 amide bonds. The van der Waals surface area contributed by atoms with Crippen molar-refractivity contribution in [2.45, 2.75) is 76.5 Å². The molecule has 2 aromatic carbocycles. The summed E-state index contributed by atoms with van der Waals surface area (Å²) in [4.78, 5) is 80.7. The second-order valence-electron chi connectivity index (χ2n) is 17.3. The molecular formula is C44H54N10O8. The van der Waals surface area contributed by atoms with E-state index in [4.69, 9.17) is 24.9 Å². The van der Waals surface area contributed by atoms with Gasteiger partial charge < -0.3 is 45.3 Å². The molecule has 1 spiro atoms. The average molecular weight is 851 g/mol. The fraction of sp³-hybridized carbons (Fsp3) is 0.523. The Bertz CT molecular complexity index is 2260. The van der Waals surface area contributed by atoms with Crippen molar-refractivity contribution < 1.29 is 38.2 Å². The first-order valence-electron chi connectivity index (χ1n) is 21.7. The third-order valence-electron chi connectivity index (χ3n) is 13.2. The minimum absolute atomic E-state index is 0.0841. The molecule has 0 aliphatic carbocycles. The van der Waals surface area contributed by atoms with Crippen LogP contribution >= 0.6 is 0 Å². The number of primary amides is 1. The molecule has 5 saturated heterocycles. The third-order valence-corrected chi connectivity index (χ3v) is 13.2. The smallest absolute Gasteiger partial charge is 0.271 e. The quantitative estimate of drug-likeness (QED) is 0.182. The molecular weight excluding hydrogens is 797 g/mol. The van der Waals surface area contributed by atoms with Crippen molar-refractivity contribution >= 4 is 52.5 Å². The van der Waals surface area contributed by atoms with E-state index in [2.05, 4.69) is 30.7 Å². The Balaban J connectivity index is 0.749. The van der Waals surface area contributed by atoms with Crippen LogP contribution in [0, 0.1) is 5.41 Å². The number of methoxy groups -OCH3 is 1. The molecule has 0 bridgehead atoms. The van der Waals surface area contributed by atoms with E-state index < -0.39 is 17.9 Å². The number of rotatable bonds is 13. The van der Waals surface area contributed by atoms with Crippen molar-refractivity contribution in [2.24, 2.45) is 11.1 Å². The summed E-state index contributed by atoms with van der Waals surface area (Å²) in [6.45, 7) is 8.44. The summed E-state index contributed by atoms with van der Waals surface area (Å²) in [5, 5.41) is 9.12. The van der Waals surface area contributed by atoms with Gasteiger partial charge in [-0.15, -0.1) is 0 Å². The zero-order chi connectivity index (χ0) is 43.1. The lowest BCUT2D eigenvalue weighted by molar-refractivity contribution is -0.165. The van der Waals surface area contributed by atoms with Crippen LogP contribution in [-0.4, -0.2) is 139 Å². The lowest BCUT2D eigenvalue weighted by Gasteiger charge is -2.62. The molecule has 18 heteroatoms. The highest BCUT2D eigenvalue weighted by molar-refractivity contribution is 6.05. The lowest BCUT2D eigenvalue weighted by atomic mass is 9.71. The summed E-state index contributed by atoms with van der Waals surface area (Å²) >= 11 is 0. The van der Waals surface area contributed by atoms with Crippen LogP contribution in [0.1, 0.15) is 77.6 Å². The zero-order valence-corrected chi connectivity index (χ0v) is 35.2. The van der Waals surface area contributed by atoms with Crippen molar-refractivity contribution in [1.82, 2.24) is 30.0 Å². The summed E-state index contributed by atoms with van der Waals surface area (Å²) in [7, 11) is 1.66. The van der Waals surface area contributed by atoms with E-state index in [0.717, 1.165) is 57.5 Å². The second kappa shape index (κ2) is 17.0. The first kappa shape index (κ1) is 41.3. The van der Waals surface area contributed by atoms with Crippen LogP contribution < -0.4 is 36.1 Å². The number of nitrogens with one attached hydrogen (secondary N) is 3. The molecule has 5 N–H and O–H groups in total. The van der Waals surface area contributed by atoms with Crippen LogP contribution in [-0.2, 0) is 32.1 Å². The molecule has 1 unspecified atom stereocenters. The fourth-order valence-electron chi connectivity index (χ4n) is 9.89. The topological polar surface area (TPSA) is 214 Å². The second-order valence-corrected chi connectivity index (χ2v) is 17.3. The Hall–Kier alpha value is -6.01. The van der Waals surface area contributed by atoms with Gasteiger partial charge in [-0.05, 0) is 62.8 Å². The number of carbonyl (C=O) groups excluding carboxylic acids is 5. The van der Waals surface area contributed by atoms with Gasteiger partial charge in [-0.1, -0.05) is 13.0 Å². The number of anilines is 4. The number of fused-ring (bicyclic) bond motifs is 1. The Labute approximate surface area is 359 Å². The monoisotopic (exact) mass is 850 g/mol. The highest BCUT2D eigenvalue weighted by atomic mass is 16.5. The minimum atomic E-state index is -0.717. The number of hydrogen-bond donors (Lipinski definition) is 4. The summed E-state index contributed by atoms with van der Waals surface area (Å²) < 4.78 is 17.4. The summed E-state index contributed by atoms with van der Waals surface area (Å²) in [5.74, 6) is 0.256. The first-order chi connectivity index (χ1) is 30.0. The van der Waals surface area contributed by atoms with Gasteiger partial charge in [-0.25, -0.2) is 9.97 Å². The molecule has 6 aliphatic rings. The first-order valence-corrected chi connectivity index (χ1v) is 21.7. The normalized spacial score (nSPS) is 21.5. The van der Waals surface area contributed by atoms with Gasteiger partial charge >= 0.3 is 0 Å². The number of piperidine rings is 2. The van der Waals surface area contributed by atoms with Gasteiger partial charge in [0.05, 0.1) is 25.0 Å². The van der Waals surface area contributed by atoms with Crippen LogP contribution in [0.4, 0.5) is 23.0 Å². The van der Waals surface area contributed by atoms with Crippen molar-refractivity contribution in [1.29, 1.82) is 0 Å². The molecule has 62 heavy (non-hydrogen) atoms. The van der Waals surface area contributed by atoms with Crippen molar-refractivity contribution in [2.75, 3.05) is 81.7 Å². The highest BCUT2D eigenvalue weighted by Gasteiger charge is 2.54. The summed E-state index contributed by atoms with van der Waals surface area (Å²) in [5.41, 5.74) is 9.44. The number of nitrogens with two attached hydrogens (primary N) is 1. The van der Waals surface area contributed by atoms with Crippen LogP contribution in [0.3, 0.4) is 0 Å². The number of carbonyl (C=O) groups is 5. The van der Waals surface area contributed by atoms with Gasteiger partial charge in [-0.2, -0.15) is 0 Å². The van der Waals surface area contributed by atoms with Crippen LogP contribution in [0.2, 0.25) is 0 Å². The van der Waals surface area contributed by atoms with Crippen molar-refractivity contribution in [3.8, 4) is 11.5 Å². The molecule has 5 fully saturated rings. The van der Waals surface area contributed by atoms with E-state index in [1.54, 1.807) is 25.3 Å². The van der Waals surface area contributed by atoms with E-state index in [0.29, 0.717) is 78.6 Å². The third kappa shape index (κ3) is 8.08. The molecule has 18 nitrogen and oxygen atoms in total. The molecule has 3 aromatic rings. The van der Waals surface area contributed by atoms with Crippen LogP contribution in [0.5, 0.6) is 11.5 Å². The number of benzene rings is 2. The van der Waals surface area contributed by atoms with Gasteiger partial charge in [0.2, 0.25) is 11.8 Å².